The van der Waals surface area contributed by atoms with Crippen LogP contribution >= 0.6 is 0 Å². The number of imidazole rings is 1. The van der Waals surface area contributed by atoms with Gasteiger partial charge in [0.15, 0.2) is 0 Å². The number of nitrogens with zero attached hydrogens (tertiary/aromatic N) is 2. The zero-order valence-electron chi connectivity index (χ0n) is 26.7. The molecule has 0 aliphatic rings. The van der Waals surface area contributed by atoms with Crippen molar-refractivity contribution in [2.24, 2.45) is 11.7 Å². The van der Waals surface area contributed by atoms with Gasteiger partial charge in [-0.25, -0.2) is 22.5 Å². The fraction of sp³-hybridized carbons (Fsp3) is 0.600. The molecule has 2 aromatic rings. The molecule has 1 aromatic carbocycles. The lowest BCUT2D eigenvalue weighted by Crippen LogP contribution is -2.54. The van der Waals surface area contributed by atoms with Crippen LogP contribution in [0.25, 0.3) is 0 Å². The first-order valence-corrected chi connectivity index (χ1v) is 16.3. The molecule has 44 heavy (non-hydrogen) atoms. The van der Waals surface area contributed by atoms with Gasteiger partial charge >= 0.3 is 5.97 Å². The van der Waals surface area contributed by atoms with Crippen molar-refractivity contribution >= 4 is 27.8 Å². The van der Waals surface area contributed by atoms with E-state index in [1.54, 1.807) is 33.0 Å². The van der Waals surface area contributed by atoms with E-state index < -0.39 is 51.5 Å². The Hall–Kier alpha value is -3.49. The predicted molar refractivity (Wildman–Crippen MR) is 167 cm³/mol. The van der Waals surface area contributed by atoms with E-state index in [4.69, 9.17) is 10.5 Å². The number of hydrogen-bond acceptors (Lipinski definition) is 9. The molecular weight excluding hydrogens is 588 g/mol. The van der Waals surface area contributed by atoms with Crippen LogP contribution in [-0.2, 0) is 37.2 Å². The Morgan fingerprint density at radius 1 is 1.07 bits per heavy atom. The number of sulfonamides is 1. The van der Waals surface area contributed by atoms with Crippen LogP contribution in [0.15, 0.2) is 30.7 Å². The zero-order chi connectivity index (χ0) is 33.2. The molecule has 1 aromatic heterocycles. The average molecular weight is 637 g/mol. The van der Waals surface area contributed by atoms with Crippen molar-refractivity contribution < 1.29 is 32.6 Å². The van der Waals surface area contributed by atoms with Gasteiger partial charge in [0, 0.05) is 38.4 Å². The predicted octanol–water partition coefficient (Wildman–Crippen LogP) is 1.87. The molecular formula is C30H48N6O7S. The number of ether oxygens (including phenoxy) is 1. The van der Waals surface area contributed by atoms with Gasteiger partial charge < -0.3 is 31.2 Å². The van der Waals surface area contributed by atoms with Crippen LogP contribution in [0.5, 0.6) is 5.75 Å². The monoisotopic (exact) mass is 636 g/mol. The molecule has 6 N–H and O–H groups in total. The number of H-pyrrole nitrogens is 1. The number of esters is 1. The van der Waals surface area contributed by atoms with Crippen molar-refractivity contribution in [1.29, 1.82) is 0 Å². The van der Waals surface area contributed by atoms with E-state index in [1.165, 1.54) is 32.6 Å². The lowest BCUT2D eigenvalue weighted by molar-refractivity contribution is -0.130. The summed E-state index contributed by atoms with van der Waals surface area (Å²) in [7, 11) is -0.538. The quantitative estimate of drug-likeness (QED) is 0.171. The van der Waals surface area contributed by atoms with Crippen molar-refractivity contribution in [1.82, 2.24) is 24.9 Å². The smallest absolute Gasteiger partial charge is 0.342 e. The van der Waals surface area contributed by atoms with E-state index in [0.717, 1.165) is 10.7 Å². The van der Waals surface area contributed by atoms with Crippen LogP contribution in [0.4, 0.5) is 0 Å². The summed E-state index contributed by atoms with van der Waals surface area (Å²) in [6.07, 6.45) is 4.68. The number of hydrogen-bond donors (Lipinski definition) is 5. The minimum atomic E-state index is -3.47. The number of carbonyl (C=O) groups excluding carboxylic acids is 3. The second-order valence-corrected chi connectivity index (χ2v) is 14.9. The standard InChI is InChI=1S/C30H48N6O7S/c1-19(2)8-10-21(12-13-44(41,42)36(6)7)34-28(39)25(16-22-17-32-18-33-22)35-27(38)24(31)14-20-9-11-23(26(37)15-20)29(40)43-30(3,4)5/h9,11,15,17-19,21,24-25,37H,8,10,12-14,16,31H2,1-7H3,(H,32,33)(H,34,39)(H,35,38)/t21-,24?,25?/m0/s1. The van der Waals surface area contributed by atoms with Gasteiger partial charge in [0.2, 0.25) is 21.8 Å². The third-order valence-corrected chi connectivity index (χ3v) is 8.67. The van der Waals surface area contributed by atoms with E-state index in [0.29, 0.717) is 23.6 Å². The lowest BCUT2D eigenvalue weighted by Gasteiger charge is -2.25. The summed E-state index contributed by atoms with van der Waals surface area (Å²) in [6.45, 7) is 9.24. The Balaban J connectivity index is 2.16. The molecule has 0 saturated heterocycles. The van der Waals surface area contributed by atoms with Crippen molar-refractivity contribution in [3.63, 3.8) is 0 Å². The Morgan fingerprint density at radius 2 is 1.75 bits per heavy atom. The number of phenols is 1. The summed E-state index contributed by atoms with van der Waals surface area (Å²) in [5.41, 5.74) is 6.56. The number of rotatable bonds is 16. The Bertz CT molecular complexity index is 1350. The first-order chi connectivity index (χ1) is 20.4. The number of aromatic hydroxyl groups is 1. The summed E-state index contributed by atoms with van der Waals surface area (Å²) in [4.78, 5) is 46.0. The summed E-state index contributed by atoms with van der Waals surface area (Å²) in [6, 6.07) is 1.79. The molecule has 0 aliphatic carbocycles. The van der Waals surface area contributed by atoms with Gasteiger partial charge in [-0.3, -0.25) is 9.59 Å². The number of aromatic nitrogens is 2. The second kappa shape index (κ2) is 16.0. The number of nitrogens with two attached hydrogens (primary N) is 1. The highest BCUT2D eigenvalue weighted by molar-refractivity contribution is 7.89. The summed E-state index contributed by atoms with van der Waals surface area (Å²) >= 11 is 0. The van der Waals surface area contributed by atoms with Gasteiger partial charge in [-0.05, 0) is 70.1 Å². The van der Waals surface area contributed by atoms with Crippen molar-refractivity contribution in [3.8, 4) is 5.75 Å². The van der Waals surface area contributed by atoms with Gasteiger partial charge in [-0.15, -0.1) is 0 Å². The molecule has 2 rings (SSSR count). The maximum Gasteiger partial charge on any atom is 0.342 e. The minimum absolute atomic E-state index is 0.0107. The number of benzene rings is 1. The highest BCUT2D eigenvalue weighted by Crippen LogP contribution is 2.23. The molecule has 0 spiro atoms. The Morgan fingerprint density at radius 3 is 2.30 bits per heavy atom. The molecule has 2 amide bonds. The maximum atomic E-state index is 13.5. The molecule has 0 radical (unpaired) electrons. The number of amides is 2. The highest BCUT2D eigenvalue weighted by Gasteiger charge is 2.28. The van der Waals surface area contributed by atoms with Crippen LogP contribution < -0.4 is 16.4 Å². The van der Waals surface area contributed by atoms with Gasteiger partial charge in [-0.1, -0.05) is 19.9 Å². The van der Waals surface area contributed by atoms with Crippen LogP contribution in [-0.4, -0.2) is 89.2 Å². The molecule has 0 fully saturated rings. The topological polar surface area (TPSA) is 197 Å². The van der Waals surface area contributed by atoms with E-state index in [1.807, 2.05) is 13.8 Å². The summed E-state index contributed by atoms with van der Waals surface area (Å²) in [5, 5.41) is 16.1. The van der Waals surface area contributed by atoms with Crippen LogP contribution in [0, 0.1) is 5.92 Å². The minimum Gasteiger partial charge on any atom is -0.507 e. The third-order valence-electron chi connectivity index (χ3n) is 6.80. The Kier molecular flexibility index (Phi) is 13.3. The molecule has 1 heterocycles. The summed E-state index contributed by atoms with van der Waals surface area (Å²) < 4.78 is 31.2. The van der Waals surface area contributed by atoms with E-state index >= 15 is 0 Å². The van der Waals surface area contributed by atoms with E-state index in [9.17, 15) is 27.9 Å². The number of nitrogens with one attached hydrogen (secondary N) is 3. The van der Waals surface area contributed by atoms with Gasteiger partial charge in [0.05, 0.1) is 18.1 Å². The van der Waals surface area contributed by atoms with Crippen molar-refractivity contribution in [2.75, 3.05) is 19.8 Å². The lowest BCUT2D eigenvalue weighted by atomic mass is 10.0. The van der Waals surface area contributed by atoms with Crippen LogP contribution in [0.1, 0.15) is 75.5 Å². The van der Waals surface area contributed by atoms with Crippen LogP contribution in [0.3, 0.4) is 0 Å². The van der Waals surface area contributed by atoms with Crippen molar-refractivity contribution in [3.05, 3.63) is 47.5 Å². The normalized spacial score (nSPS) is 14.2. The average Bonchev–Trinajstić information content (AvgIpc) is 3.41. The molecule has 2 unspecified atom stereocenters. The van der Waals surface area contributed by atoms with Crippen LogP contribution in [0.2, 0.25) is 0 Å². The number of aromatic amines is 1. The molecule has 0 aliphatic heterocycles. The molecule has 0 bridgehead atoms. The van der Waals surface area contributed by atoms with Gasteiger partial charge in [0.25, 0.3) is 0 Å². The van der Waals surface area contributed by atoms with Gasteiger partial charge in [0.1, 0.15) is 23.0 Å². The fourth-order valence-corrected chi connectivity index (χ4v) is 5.21. The molecule has 246 valence electrons. The fourth-order valence-electron chi connectivity index (χ4n) is 4.26. The number of phenolic OH excluding ortho intramolecular Hbond substituents is 1. The zero-order valence-corrected chi connectivity index (χ0v) is 27.5. The Labute approximate surface area is 260 Å². The number of carbonyl (C=O) groups is 3. The first-order valence-electron chi connectivity index (χ1n) is 14.7. The first kappa shape index (κ1) is 36.7. The highest BCUT2D eigenvalue weighted by atomic mass is 32.2. The maximum absolute atomic E-state index is 13.5. The van der Waals surface area contributed by atoms with Gasteiger partial charge in [-0.2, -0.15) is 0 Å². The van der Waals surface area contributed by atoms with E-state index in [2.05, 4.69) is 20.6 Å². The summed E-state index contributed by atoms with van der Waals surface area (Å²) in [5.74, 6) is -1.85. The van der Waals surface area contributed by atoms with E-state index in [-0.39, 0.29) is 36.3 Å². The van der Waals surface area contributed by atoms with Crippen molar-refractivity contribution in [2.45, 2.75) is 90.4 Å². The molecule has 0 saturated carbocycles. The molecule has 14 heteroatoms. The third kappa shape index (κ3) is 12.2. The molecule has 3 atom stereocenters. The SMILES string of the molecule is CC(C)CC[C@@H](CCS(=O)(=O)N(C)C)NC(=O)C(Cc1cnc[nH]1)NC(=O)C(N)Cc1ccc(C(=O)OC(C)(C)C)c(O)c1. The molecule has 13 nitrogen and oxygen atoms in total. The second-order valence-electron chi connectivity index (χ2n) is 12.6. The largest absolute Gasteiger partial charge is 0.507 e.